The molecular weight excluding hydrogens is 712 g/mol. The van der Waals surface area contributed by atoms with Gasteiger partial charge in [0, 0.05) is 49.5 Å². The van der Waals surface area contributed by atoms with Crippen LogP contribution >= 0.6 is 0 Å². The SMILES string of the molecule is C[C@@H](Nc1nc(N2CCCCC2)nc2ccccc12)c1ccc(C(F)(F)F)cc1.Fc1ccc(CNc2nc(N3CCCCC3)nc3ccccc23)cc1F. The van der Waals surface area contributed by atoms with Crippen LogP contribution in [0, 0.1) is 11.6 Å². The van der Waals surface area contributed by atoms with Gasteiger partial charge in [-0.3, -0.25) is 0 Å². The van der Waals surface area contributed by atoms with Gasteiger partial charge in [0.2, 0.25) is 11.9 Å². The first-order chi connectivity index (χ1) is 26.6. The second-order valence-corrected chi connectivity index (χ2v) is 14.0. The minimum Gasteiger partial charge on any atom is -0.365 e. The van der Waals surface area contributed by atoms with E-state index in [9.17, 15) is 22.0 Å². The molecule has 13 heteroatoms. The van der Waals surface area contributed by atoms with Crippen molar-refractivity contribution >= 4 is 45.3 Å². The Morgan fingerprint density at radius 3 is 1.69 bits per heavy atom. The van der Waals surface area contributed by atoms with Crippen molar-refractivity contribution in [2.45, 2.75) is 64.2 Å². The molecule has 55 heavy (non-hydrogen) atoms. The van der Waals surface area contributed by atoms with Crippen LogP contribution in [-0.2, 0) is 12.7 Å². The minimum atomic E-state index is -4.33. The number of rotatable bonds is 8. The largest absolute Gasteiger partial charge is 0.416 e. The predicted octanol–water partition coefficient (Wildman–Crippen LogP) is 10.3. The first-order valence-corrected chi connectivity index (χ1v) is 18.8. The van der Waals surface area contributed by atoms with Crippen molar-refractivity contribution in [3.05, 3.63) is 119 Å². The zero-order valence-electron chi connectivity index (χ0n) is 30.6. The number of aromatic nitrogens is 4. The zero-order valence-corrected chi connectivity index (χ0v) is 30.6. The molecule has 4 aromatic carbocycles. The number of hydrogen-bond acceptors (Lipinski definition) is 8. The first kappa shape index (κ1) is 37.7. The van der Waals surface area contributed by atoms with E-state index in [1.54, 1.807) is 6.07 Å². The van der Waals surface area contributed by atoms with E-state index in [1.807, 2.05) is 55.5 Å². The number of nitrogens with one attached hydrogen (secondary N) is 2. The van der Waals surface area contributed by atoms with Gasteiger partial charge in [0.25, 0.3) is 0 Å². The third-order valence-electron chi connectivity index (χ3n) is 10.00. The van der Waals surface area contributed by atoms with Gasteiger partial charge >= 0.3 is 6.18 Å². The van der Waals surface area contributed by atoms with E-state index in [4.69, 9.17) is 19.9 Å². The van der Waals surface area contributed by atoms with Gasteiger partial charge < -0.3 is 20.4 Å². The number of hydrogen-bond donors (Lipinski definition) is 2. The molecule has 0 saturated carbocycles. The molecule has 2 fully saturated rings. The lowest BCUT2D eigenvalue weighted by Crippen LogP contribution is -2.31. The molecule has 1 atom stereocenters. The van der Waals surface area contributed by atoms with Crippen molar-refractivity contribution in [2.75, 3.05) is 46.6 Å². The molecule has 4 heterocycles. The van der Waals surface area contributed by atoms with E-state index in [-0.39, 0.29) is 6.04 Å². The number of alkyl halides is 3. The average Bonchev–Trinajstić information content (AvgIpc) is 3.21. The first-order valence-electron chi connectivity index (χ1n) is 18.8. The van der Waals surface area contributed by atoms with Gasteiger partial charge in [-0.25, -0.2) is 18.7 Å². The Morgan fingerprint density at radius 1 is 0.618 bits per heavy atom. The lowest BCUT2D eigenvalue weighted by atomic mass is 10.1. The highest BCUT2D eigenvalue weighted by Gasteiger charge is 2.30. The molecule has 0 aliphatic carbocycles. The summed E-state index contributed by atoms with van der Waals surface area (Å²) in [6.07, 6.45) is 2.68. The number of para-hydroxylation sites is 2. The standard InChI is InChI=1S/C22H23F3N4.C20H20F2N4/c1-15(16-9-11-17(12-10-16)22(23,24)25)26-20-18-7-3-4-8-19(18)27-21(28-20)29-13-5-2-6-14-29;21-16-9-8-14(12-17(16)22)13-23-19-15-6-2-3-7-18(15)24-20(25-19)26-10-4-1-5-11-26/h3-4,7-12,15H,2,5-6,13-14H2,1H3,(H,26,27,28);2-3,6-9,12H,1,4-5,10-11,13H2,(H,23,24,25)/t15-;/m1./s1. The second-order valence-electron chi connectivity index (χ2n) is 14.0. The van der Waals surface area contributed by atoms with Gasteiger partial charge in [-0.05, 0) is 105 Å². The molecule has 6 aromatic rings. The number of nitrogens with zero attached hydrogens (tertiary/aromatic N) is 6. The van der Waals surface area contributed by atoms with Crippen molar-refractivity contribution in [1.29, 1.82) is 0 Å². The summed E-state index contributed by atoms with van der Waals surface area (Å²) in [7, 11) is 0. The Morgan fingerprint density at radius 2 is 1.15 bits per heavy atom. The van der Waals surface area contributed by atoms with E-state index in [1.165, 1.54) is 31.0 Å². The Balaban J connectivity index is 0.000000170. The zero-order chi connectivity index (χ0) is 38.4. The summed E-state index contributed by atoms with van der Waals surface area (Å²) in [5.41, 5.74) is 2.50. The molecule has 0 radical (unpaired) electrons. The fourth-order valence-corrected chi connectivity index (χ4v) is 6.93. The Kier molecular flexibility index (Phi) is 11.5. The number of anilines is 4. The van der Waals surface area contributed by atoms with Crippen LogP contribution in [0.4, 0.5) is 45.5 Å². The Bertz CT molecular complexity index is 2220. The molecule has 286 valence electrons. The van der Waals surface area contributed by atoms with Gasteiger partial charge in [0.1, 0.15) is 11.6 Å². The number of piperidine rings is 2. The molecular formula is C42H43F5N8. The molecule has 8 rings (SSSR count). The average molecular weight is 755 g/mol. The van der Waals surface area contributed by atoms with Gasteiger partial charge in [-0.15, -0.1) is 0 Å². The van der Waals surface area contributed by atoms with Crippen LogP contribution in [0.1, 0.15) is 68.2 Å². The highest BCUT2D eigenvalue weighted by atomic mass is 19.4. The molecule has 2 saturated heterocycles. The van der Waals surface area contributed by atoms with E-state index >= 15 is 0 Å². The molecule has 0 bridgehead atoms. The third-order valence-corrected chi connectivity index (χ3v) is 10.00. The number of halogens is 5. The normalized spacial score (nSPS) is 15.4. The molecule has 0 amide bonds. The molecule has 8 nitrogen and oxygen atoms in total. The van der Waals surface area contributed by atoms with Crippen molar-refractivity contribution < 1.29 is 22.0 Å². The lowest BCUT2D eigenvalue weighted by molar-refractivity contribution is -0.137. The third kappa shape index (κ3) is 9.21. The maximum Gasteiger partial charge on any atom is 0.416 e. The topological polar surface area (TPSA) is 82.1 Å². The molecule has 0 unspecified atom stereocenters. The Labute approximate surface area is 316 Å². The summed E-state index contributed by atoms with van der Waals surface area (Å²) in [6, 6.07) is 24.6. The molecule has 2 aliphatic rings. The summed E-state index contributed by atoms with van der Waals surface area (Å²) in [6.45, 7) is 6.07. The quantitative estimate of drug-likeness (QED) is 0.149. The number of fused-ring (bicyclic) bond motifs is 2. The summed E-state index contributed by atoms with van der Waals surface area (Å²) in [5, 5.41) is 8.45. The van der Waals surface area contributed by atoms with Crippen LogP contribution in [0.5, 0.6) is 0 Å². The van der Waals surface area contributed by atoms with Crippen LogP contribution in [0.15, 0.2) is 91.0 Å². The van der Waals surface area contributed by atoms with Crippen LogP contribution in [0.3, 0.4) is 0 Å². The van der Waals surface area contributed by atoms with Crippen LogP contribution < -0.4 is 20.4 Å². The van der Waals surface area contributed by atoms with Gasteiger partial charge in [0.05, 0.1) is 16.6 Å². The second kappa shape index (κ2) is 16.8. The van der Waals surface area contributed by atoms with Gasteiger partial charge in [0.15, 0.2) is 11.6 Å². The van der Waals surface area contributed by atoms with Crippen molar-refractivity contribution in [1.82, 2.24) is 19.9 Å². The van der Waals surface area contributed by atoms with Gasteiger partial charge in [-0.1, -0.05) is 42.5 Å². The van der Waals surface area contributed by atoms with Gasteiger partial charge in [-0.2, -0.15) is 23.1 Å². The lowest BCUT2D eigenvalue weighted by Gasteiger charge is -2.27. The van der Waals surface area contributed by atoms with Crippen molar-refractivity contribution in [3.8, 4) is 0 Å². The smallest absolute Gasteiger partial charge is 0.365 e. The predicted molar refractivity (Wildman–Crippen MR) is 208 cm³/mol. The summed E-state index contributed by atoms with van der Waals surface area (Å²) >= 11 is 0. The molecule has 0 spiro atoms. The molecule has 2 aromatic heterocycles. The van der Waals surface area contributed by atoms with Crippen LogP contribution in [0.2, 0.25) is 0 Å². The van der Waals surface area contributed by atoms with Crippen molar-refractivity contribution in [2.24, 2.45) is 0 Å². The van der Waals surface area contributed by atoms with E-state index in [0.717, 1.165) is 103 Å². The maximum absolute atomic E-state index is 13.4. The summed E-state index contributed by atoms with van der Waals surface area (Å²) < 4.78 is 65.0. The molecule has 2 aliphatic heterocycles. The van der Waals surface area contributed by atoms with E-state index in [0.29, 0.717) is 29.7 Å². The van der Waals surface area contributed by atoms with E-state index in [2.05, 4.69) is 20.4 Å². The maximum atomic E-state index is 13.4. The highest BCUT2D eigenvalue weighted by molar-refractivity contribution is 5.91. The molecule has 2 N–H and O–H groups in total. The fourth-order valence-electron chi connectivity index (χ4n) is 6.93. The van der Waals surface area contributed by atoms with Crippen LogP contribution in [0.25, 0.3) is 21.8 Å². The fraction of sp³-hybridized carbons (Fsp3) is 0.333. The van der Waals surface area contributed by atoms with Crippen LogP contribution in [-0.4, -0.2) is 46.1 Å². The summed E-state index contributed by atoms with van der Waals surface area (Å²) in [5.74, 6) is 1.14. The number of benzene rings is 4. The Hall–Kier alpha value is -5.59. The highest BCUT2D eigenvalue weighted by Crippen LogP contribution is 2.32. The monoisotopic (exact) mass is 754 g/mol. The summed E-state index contributed by atoms with van der Waals surface area (Å²) in [4.78, 5) is 23.3. The minimum absolute atomic E-state index is 0.204. The van der Waals surface area contributed by atoms with E-state index < -0.39 is 23.4 Å². The van der Waals surface area contributed by atoms with Crippen molar-refractivity contribution in [3.63, 3.8) is 0 Å².